The molecule has 166 valence electrons. The summed E-state index contributed by atoms with van der Waals surface area (Å²) in [5.74, 6) is -0.359. The summed E-state index contributed by atoms with van der Waals surface area (Å²) in [6.45, 7) is 12.1. The van der Waals surface area contributed by atoms with Gasteiger partial charge in [0.15, 0.2) is 6.23 Å². The second-order valence-corrected chi connectivity index (χ2v) is 8.41. The highest BCUT2D eigenvalue weighted by Gasteiger charge is 2.27. The van der Waals surface area contributed by atoms with Crippen molar-refractivity contribution in [3.05, 3.63) is 12.7 Å². The molecule has 3 nitrogen and oxygen atoms in total. The molecule has 0 saturated heterocycles. The Morgan fingerprint density at radius 1 is 0.857 bits per heavy atom. The second kappa shape index (κ2) is 18.2. The molecule has 0 radical (unpaired) electrons. The Balaban J connectivity index is 3.78. The first-order valence-electron chi connectivity index (χ1n) is 12.1. The van der Waals surface area contributed by atoms with Crippen LogP contribution in [0.5, 0.6) is 0 Å². The van der Waals surface area contributed by atoms with Gasteiger partial charge >= 0.3 is 5.97 Å². The van der Waals surface area contributed by atoms with Gasteiger partial charge in [-0.1, -0.05) is 111 Å². The van der Waals surface area contributed by atoms with Crippen molar-refractivity contribution in [3.8, 4) is 0 Å². The number of nitrogens with one attached hydrogen (secondary N) is 1. The molecule has 0 aliphatic rings. The van der Waals surface area contributed by atoms with E-state index < -0.39 is 0 Å². The molecular weight excluding hydrogens is 346 g/mol. The normalized spacial score (nSPS) is 12.7. The molecule has 0 aliphatic heterocycles. The molecule has 0 aromatic heterocycles. The first-order chi connectivity index (χ1) is 13.5. The number of hydrogen-bond acceptors (Lipinski definition) is 3. The first-order valence-corrected chi connectivity index (χ1v) is 12.1. The summed E-state index contributed by atoms with van der Waals surface area (Å²) in [7, 11) is 0. The molecule has 0 bridgehead atoms. The molecule has 1 N–H and O–H groups in total. The summed E-state index contributed by atoms with van der Waals surface area (Å²) in [5.41, 5.74) is 0.0681. The fourth-order valence-electron chi connectivity index (χ4n) is 4.04. The lowest BCUT2D eigenvalue weighted by atomic mass is 9.86. The lowest BCUT2D eigenvalue weighted by molar-refractivity contribution is -0.144. The van der Waals surface area contributed by atoms with Gasteiger partial charge in [0.2, 0.25) is 0 Å². The van der Waals surface area contributed by atoms with Gasteiger partial charge in [-0.25, -0.2) is 4.79 Å². The maximum atomic E-state index is 11.4. The third kappa shape index (κ3) is 14.2. The lowest BCUT2D eigenvalue weighted by Crippen LogP contribution is -2.50. The minimum absolute atomic E-state index is 0.0681. The fourth-order valence-corrected chi connectivity index (χ4v) is 4.04. The van der Waals surface area contributed by atoms with E-state index in [1.165, 1.54) is 89.5 Å². The van der Waals surface area contributed by atoms with Gasteiger partial charge < -0.3 is 4.74 Å². The van der Waals surface area contributed by atoms with Gasteiger partial charge in [0.1, 0.15) is 0 Å². The number of esters is 1. The van der Waals surface area contributed by atoms with Crippen molar-refractivity contribution in [2.45, 2.75) is 142 Å². The predicted molar refractivity (Wildman–Crippen MR) is 123 cm³/mol. The van der Waals surface area contributed by atoms with E-state index in [4.69, 9.17) is 4.74 Å². The molecule has 0 fully saturated rings. The van der Waals surface area contributed by atoms with Crippen LogP contribution in [0.25, 0.3) is 0 Å². The van der Waals surface area contributed by atoms with E-state index in [1.54, 1.807) is 0 Å². The smallest absolute Gasteiger partial charge is 0.331 e. The van der Waals surface area contributed by atoms with Crippen LogP contribution in [0.3, 0.4) is 0 Å². The number of ether oxygens (including phenoxy) is 1. The average molecular weight is 396 g/mol. The van der Waals surface area contributed by atoms with Crippen molar-refractivity contribution in [1.82, 2.24) is 5.32 Å². The van der Waals surface area contributed by atoms with Gasteiger partial charge in [0.25, 0.3) is 0 Å². The third-order valence-corrected chi connectivity index (χ3v) is 6.08. The van der Waals surface area contributed by atoms with Crippen LogP contribution in [0, 0.1) is 0 Å². The quantitative estimate of drug-likeness (QED) is 0.0993. The molecule has 0 aromatic carbocycles. The zero-order valence-corrected chi connectivity index (χ0v) is 19.5. The van der Waals surface area contributed by atoms with Crippen LogP contribution in [0.2, 0.25) is 0 Å². The van der Waals surface area contributed by atoms with Gasteiger partial charge in [0, 0.05) is 11.6 Å². The van der Waals surface area contributed by atoms with Gasteiger partial charge in [-0.2, -0.15) is 0 Å². The van der Waals surface area contributed by atoms with Gasteiger partial charge in [0.05, 0.1) is 0 Å². The van der Waals surface area contributed by atoms with Crippen LogP contribution in [0.4, 0.5) is 0 Å². The zero-order chi connectivity index (χ0) is 21.1. The van der Waals surface area contributed by atoms with Crippen molar-refractivity contribution in [2.24, 2.45) is 0 Å². The van der Waals surface area contributed by atoms with E-state index in [2.05, 4.69) is 32.7 Å². The summed E-state index contributed by atoms with van der Waals surface area (Å²) in [5, 5.41) is 3.55. The molecule has 0 heterocycles. The van der Waals surface area contributed by atoms with E-state index in [0.717, 1.165) is 19.3 Å². The molecule has 1 atom stereocenters. The second-order valence-electron chi connectivity index (χ2n) is 8.41. The van der Waals surface area contributed by atoms with Gasteiger partial charge in [-0.05, 0) is 26.2 Å². The number of rotatable bonds is 20. The first kappa shape index (κ1) is 27.2. The predicted octanol–water partition coefficient (Wildman–Crippen LogP) is 7.69. The monoisotopic (exact) mass is 395 g/mol. The minimum atomic E-state index is -0.359. The Labute approximate surface area is 176 Å². The Hall–Kier alpha value is -0.830. The summed E-state index contributed by atoms with van der Waals surface area (Å²) < 4.78 is 5.31. The third-order valence-electron chi connectivity index (χ3n) is 6.08. The minimum Gasteiger partial charge on any atom is -0.444 e. The SMILES string of the molecule is C=CC(=O)OC(C)NC(CC)(CC)CCCCCCCCCCCCCCC. The highest BCUT2D eigenvalue weighted by atomic mass is 16.6. The molecule has 3 heteroatoms. The lowest BCUT2D eigenvalue weighted by Gasteiger charge is -2.35. The Morgan fingerprint density at radius 2 is 1.29 bits per heavy atom. The van der Waals surface area contributed by atoms with Crippen molar-refractivity contribution in [3.63, 3.8) is 0 Å². The zero-order valence-electron chi connectivity index (χ0n) is 19.5. The Kier molecular flexibility index (Phi) is 17.7. The highest BCUT2D eigenvalue weighted by molar-refractivity contribution is 5.81. The van der Waals surface area contributed by atoms with Crippen molar-refractivity contribution >= 4 is 5.97 Å². The van der Waals surface area contributed by atoms with Crippen LogP contribution in [0.15, 0.2) is 12.7 Å². The maximum absolute atomic E-state index is 11.4. The van der Waals surface area contributed by atoms with Crippen molar-refractivity contribution in [1.29, 1.82) is 0 Å². The van der Waals surface area contributed by atoms with Crippen molar-refractivity contribution in [2.75, 3.05) is 0 Å². The van der Waals surface area contributed by atoms with Crippen molar-refractivity contribution < 1.29 is 9.53 Å². The number of unbranched alkanes of at least 4 members (excludes halogenated alkanes) is 12. The average Bonchev–Trinajstić information content (AvgIpc) is 2.70. The van der Waals surface area contributed by atoms with Crippen LogP contribution >= 0.6 is 0 Å². The van der Waals surface area contributed by atoms with Crippen LogP contribution in [-0.4, -0.2) is 17.7 Å². The molecule has 0 aliphatic carbocycles. The van der Waals surface area contributed by atoms with E-state index >= 15 is 0 Å². The van der Waals surface area contributed by atoms with Crippen LogP contribution in [-0.2, 0) is 9.53 Å². The number of hydrogen-bond donors (Lipinski definition) is 1. The highest BCUT2D eigenvalue weighted by Crippen LogP contribution is 2.24. The molecule has 1 unspecified atom stereocenters. The van der Waals surface area contributed by atoms with E-state index in [9.17, 15) is 4.79 Å². The molecule has 28 heavy (non-hydrogen) atoms. The molecule has 0 amide bonds. The molecule has 0 rings (SSSR count). The van der Waals surface area contributed by atoms with Crippen LogP contribution in [0.1, 0.15) is 130 Å². The number of carbonyl (C=O) groups is 1. The van der Waals surface area contributed by atoms with Gasteiger partial charge in [-0.3, -0.25) is 5.32 Å². The standard InChI is InChI=1S/C25H49NO2/c1-6-10-11-12-13-14-15-16-17-18-19-20-21-22-25(8-3,9-4)26-23(5)28-24(27)7-2/h7,23,26H,2,6,8-22H2,1,3-5H3. The maximum Gasteiger partial charge on any atom is 0.331 e. The van der Waals surface area contributed by atoms with E-state index in [0.29, 0.717) is 0 Å². The number of carbonyl (C=O) groups excluding carboxylic acids is 1. The molecule has 0 aromatic rings. The fraction of sp³-hybridized carbons (Fsp3) is 0.880. The largest absolute Gasteiger partial charge is 0.444 e. The summed E-state index contributed by atoms with van der Waals surface area (Å²) in [6, 6.07) is 0. The van der Waals surface area contributed by atoms with E-state index in [-0.39, 0.29) is 17.7 Å². The summed E-state index contributed by atoms with van der Waals surface area (Å²) in [6.07, 6.45) is 22.2. The summed E-state index contributed by atoms with van der Waals surface area (Å²) in [4.78, 5) is 11.4. The molecule has 0 saturated carbocycles. The topological polar surface area (TPSA) is 38.3 Å². The summed E-state index contributed by atoms with van der Waals surface area (Å²) >= 11 is 0. The Bertz CT molecular complexity index is 377. The Morgan fingerprint density at radius 3 is 1.68 bits per heavy atom. The van der Waals surface area contributed by atoms with Crippen LogP contribution < -0.4 is 5.32 Å². The van der Waals surface area contributed by atoms with E-state index in [1.807, 2.05) is 6.92 Å². The molecular formula is C25H49NO2. The molecule has 0 spiro atoms. The van der Waals surface area contributed by atoms with Gasteiger partial charge in [-0.15, -0.1) is 0 Å².